The Hall–Kier alpha value is -2.91. The van der Waals surface area contributed by atoms with Crippen LogP contribution in [0.3, 0.4) is 0 Å². The summed E-state index contributed by atoms with van der Waals surface area (Å²) in [7, 11) is 2.09. The number of benzene rings is 1. The van der Waals surface area contributed by atoms with Crippen LogP contribution in [-0.4, -0.2) is 33.1 Å². The normalized spacial score (nSPS) is 14.3. The highest BCUT2D eigenvalue weighted by atomic mass is 15.3. The van der Waals surface area contributed by atoms with Gasteiger partial charge in [0.2, 0.25) is 0 Å². The Labute approximate surface area is 140 Å². The molecule has 0 saturated heterocycles. The van der Waals surface area contributed by atoms with Gasteiger partial charge in [-0.2, -0.15) is 5.26 Å². The fourth-order valence-corrected chi connectivity index (χ4v) is 3.32. The van der Waals surface area contributed by atoms with E-state index >= 15 is 0 Å². The maximum absolute atomic E-state index is 9.78. The van der Waals surface area contributed by atoms with Crippen LogP contribution >= 0.6 is 0 Å². The highest BCUT2D eigenvalue weighted by molar-refractivity contribution is 5.68. The maximum Gasteiger partial charge on any atom is 0.167 e. The molecule has 1 aromatic carbocycles. The predicted molar refractivity (Wildman–Crippen MR) is 91.5 cm³/mol. The van der Waals surface area contributed by atoms with Crippen LogP contribution in [-0.2, 0) is 19.5 Å². The number of fused-ring (bicyclic) bond motifs is 3. The number of nitriles is 1. The van der Waals surface area contributed by atoms with Crippen molar-refractivity contribution >= 4 is 11.5 Å². The van der Waals surface area contributed by atoms with Crippen LogP contribution < -0.4 is 5.32 Å². The lowest BCUT2D eigenvalue weighted by Crippen LogP contribution is -2.28. The quantitative estimate of drug-likeness (QED) is 0.802. The lowest BCUT2D eigenvalue weighted by atomic mass is 9.96. The Morgan fingerprint density at radius 3 is 2.88 bits per heavy atom. The van der Waals surface area contributed by atoms with Crippen molar-refractivity contribution in [1.82, 2.24) is 19.5 Å². The first-order valence-electron chi connectivity index (χ1n) is 8.02. The smallest absolute Gasteiger partial charge is 0.167 e. The van der Waals surface area contributed by atoms with Crippen molar-refractivity contribution in [3.63, 3.8) is 0 Å². The molecule has 0 spiro atoms. The van der Waals surface area contributed by atoms with Crippen LogP contribution in [0.4, 0.5) is 5.82 Å². The number of aromatic nitrogens is 3. The van der Waals surface area contributed by atoms with Crippen LogP contribution in [0.1, 0.15) is 22.3 Å². The van der Waals surface area contributed by atoms with Crippen molar-refractivity contribution in [3.05, 3.63) is 58.9 Å². The molecule has 0 aliphatic carbocycles. The lowest BCUT2D eigenvalue weighted by molar-refractivity contribution is 0.313. The molecule has 0 unspecified atom stereocenters. The van der Waals surface area contributed by atoms with E-state index in [1.807, 2.05) is 22.6 Å². The van der Waals surface area contributed by atoms with Gasteiger partial charge in [-0.15, -0.1) is 10.2 Å². The van der Waals surface area contributed by atoms with Gasteiger partial charge in [-0.1, -0.05) is 30.3 Å². The molecule has 0 radical (unpaired) electrons. The SMILES string of the molecule is CN1CCc2c(C#N)c(NCc3ccccc3)n3cnnc3c2C1. The van der Waals surface area contributed by atoms with Crippen molar-refractivity contribution in [2.45, 2.75) is 19.5 Å². The molecule has 120 valence electrons. The van der Waals surface area contributed by atoms with E-state index in [-0.39, 0.29) is 0 Å². The summed E-state index contributed by atoms with van der Waals surface area (Å²) in [6.07, 6.45) is 2.54. The van der Waals surface area contributed by atoms with E-state index < -0.39 is 0 Å². The Bertz CT molecular complexity index is 922. The van der Waals surface area contributed by atoms with Crippen LogP contribution in [0.2, 0.25) is 0 Å². The number of pyridine rings is 1. The summed E-state index contributed by atoms with van der Waals surface area (Å²) in [4.78, 5) is 2.25. The molecule has 2 aromatic heterocycles. The topological polar surface area (TPSA) is 69.2 Å². The summed E-state index contributed by atoms with van der Waals surface area (Å²) >= 11 is 0. The largest absolute Gasteiger partial charge is 0.366 e. The van der Waals surface area contributed by atoms with Crippen LogP contribution in [0.5, 0.6) is 0 Å². The molecule has 1 aliphatic heterocycles. The van der Waals surface area contributed by atoms with Gasteiger partial charge in [-0.05, 0) is 24.6 Å². The Kier molecular flexibility index (Phi) is 3.63. The van der Waals surface area contributed by atoms with Crippen molar-refractivity contribution in [1.29, 1.82) is 5.26 Å². The van der Waals surface area contributed by atoms with E-state index in [2.05, 4.69) is 45.7 Å². The number of nitrogens with one attached hydrogen (secondary N) is 1. The van der Waals surface area contributed by atoms with Crippen LogP contribution in [0.15, 0.2) is 36.7 Å². The number of likely N-dealkylation sites (N-methyl/N-ethyl adjacent to an activating group) is 1. The average Bonchev–Trinajstić information content (AvgIpc) is 3.10. The summed E-state index contributed by atoms with van der Waals surface area (Å²) in [5, 5.41) is 21.6. The molecule has 0 fully saturated rings. The molecule has 0 amide bonds. The molecule has 0 atom stereocenters. The molecule has 3 heterocycles. The fraction of sp³-hybridized carbons (Fsp3) is 0.278. The molecule has 6 nitrogen and oxygen atoms in total. The monoisotopic (exact) mass is 318 g/mol. The molecule has 4 rings (SSSR count). The zero-order valence-electron chi connectivity index (χ0n) is 13.5. The van der Waals surface area contributed by atoms with Gasteiger partial charge >= 0.3 is 0 Å². The highest BCUT2D eigenvalue weighted by Crippen LogP contribution is 2.30. The minimum atomic E-state index is 0.654. The van der Waals surface area contributed by atoms with E-state index in [0.717, 1.165) is 42.1 Å². The van der Waals surface area contributed by atoms with Gasteiger partial charge in [-0.25, -0.2) is 0 Å². The molecule has 1 N–H and O–H groups in total. The highest BCUT2D eigenvalue weighted by Gasteiger charge is 2.24. The Morgan fingerprint density at radius 1 is 1.25 bits per heavy atom. The standard InChI is InChI=1S/C18H18N6/c1-23-8-7-14-15(9-19)17(20-10-13-5-3-2-4-6-13)24-12-21-22-18(24)16(14)11-23/h2-6,12,20H,7-8,10-11H2,1H3. The first kappa shape index (κ1) is 14.7. The average molecular weight is 318 g/mol. The summed E-state index contributed by atoms with van der Waals surface area (Å²) in [6.45, 7) is 2.40. The zero-order valence-corrected chi connectivity index (χ0v) is 13.5. The Balaban J connectivity index is 1.82. The van der Waals surface area contributed by atoms with Crippen molar-refractivity contribution in [2.24, 2.45) is 0 Å². The van der Waals surface area contributed by atoms with E-state index in [4.69, 9.17) is 0 Å². The van der Waals surface area contributed by atoms with E-state index in [1.165, 1.54) is 5.56 Å². The van der Waals surface area contributed by atoms with Crippen LogP contribution in [0.25, 0.3) is 5.65 Å². The van der Waals surface area contributed by atoms with Gasteiger partial charge in [0.05, 0.1) is 5.56 Å². The second kappa shape index (κ2) is 5.95. The number of anilines is 1. The van der Waals surface area contributed by atoms with Crippen molar-refractivity contribution < 1.29 is 0 Å². The van der Waals surface area contributed by atoms with Gasteiger partial charge < -0.3 is 10.2 Å². The summed E-state index contributed by atoms with van der Waals surface area (Å²) < 4.78 is 1.90. The van der Waals surface area contributed by atoms with E-state index in [1.54, 1.807) is 6.33 Å². The summed E-state index contributed by atoms with van der Waals surface area (Å²) in [5.74, 6) is 0.782. The molecule has 0 bridgehead atoms. The summed E-state index contributed by atoms with van der Waals surface area (Å²) in [5.41, 5.74) is 4.93. The first-order valence-corrected chi connectivity index (χ1v) is 8.02. The van der Waals surface area contributed by atoms with Crippen molar-refractivity contribution in [3.8, 4) is 6.07 Å². The molecule has 6 heteroatoms. The molecular formula is C18H18N6. The maximum atomic E-state index is 9.78. The zero-order chi connectivity index (χ0) is 16.5. The minimum Gasteiger partial charge on any atom is -0.366 e. The van der Waals surface area contributed by atoms with Gasteiger partial charge in [0.1, 0.15) is 18.2 Å². The third kappa shape index (κ3) is 2.39. The van der Waals surface area contributed by atoms with Gasteiger partial charge in [-0.3, -0.25) is 4.40 Å². The number of nitrogens with zero attached hydrogens (tertiary/aromatic N) is 5. The molecule has 0 saturated carbocycles. The lowest BCUT2D eigenvalue weighted by Gasteiger charge is -2.27. The number of rotatable bonds is 3. The first-order chi connectivity index (χ1) is 11.8. The number of hydrogen-bond donors (Lipinski definition) is 1. The van der Waals surface area contributed by atoms with Gasteiger partial charge in [0.15, 0.2) is 5.65 Å². The molecular weight excluding hydrogens is 300 g/mol. The molecule has 1 aliphatic rings. The van der Waals surface area contributed by atoms with Gasteiger partial charge in [0.25, 0.3) is 0 Å². The number of hydrogen-bond acceptors (Lipinski definition) is 5. The second-order valence-corrected chi connectivity index (χ2v) is 6.14. The predicted octanol–water partition coefficient (Wildman–Crippen LogP) is 2.20. The Morgan fingerprint density at radius 2 is 2.08 bits per heavy atom. The second-order valence-electron chi connectivity index (χ2n) is 6.14. The van der Waals surface area contributed by atoms with E-state index in [9.17, 15) is 5.26 Å². The van der Waals surface area contributed by atoms with Crippen molar-refractivity contribution in [2.75, 3.05) is 18.9 Å². The molecule has 3 aromatic rings. The molecule has 24 heavy (non-hydrogen) atoms. The van der Waals surface area contributed by atoms with Crippen LogP contribution in [0, 0.1) is 11.3 Å². The van der Waals surface area contributed by atoms with Gasteiger partial charge in [0, 0.05) is 25.2 Å². The fourth-order valence-electron chi connectivity index (χ4n) is 3.32. The third-order valence-electron chi connectivity index (χ3n) is 4.55. The summed E-state index contributed by atoms with van der Waals surface area (Å²) in [6, 6.07) is 12.6. The van der Waals surface area contributed by atoms with E-state index in [0.29, 0.717) is 12.1 Å². The third-order valence-corrected chi connectivity index (χ3v) is 4.55. The minimum absolute atomic E-state index is 0.654.